The van der Waals surface area contributed by atoms with Crippen molar-refractivity contribution in [3.05, 3.63) is 17.8 Å². The molecule has 0 aliphatic carbocycles. The molecule has 0 fully saturated rings. The van der Waals surface area contributed by atoms with Crippen molar-refractivity contribution in [2.75, 3.05) is 46.3 Å². The summed E-state index contributed by atoms with van der Waals surface area (Å²) in [6, 6.07) is 4.19. The minimum Gasteiger partial charge on any atom is -0.496 e. The number of hydrogen-bond donors (Lipinski definition) is 1. The summed E-state index contributed by atoms with van der Waals surface area (Å²) in [4.78, 5) is 7.10. The Kier molecular flexibility index (Phi) is 8.18. The van der Waals surface area contributed by atoms with Crippen LogP contribution in [-0.4, -0.2) is 56.9 Å². The molecule has 1 unspecified atom stereocenters. The van der Waals surface area contributed by atoms with E-state index < -0.39 is 0 Å². The zero-order chi connectivity index (χ0) is 20.7. The minimum absolute atomic E-state index is 0.302. The Labute approximate surface area is 169 Å². The number of hydrogen-bond acceptors (Lipinski definition) is 6. The van der Waals surface area contributed by atoms with Gasteiger partial charge in [0.05, 0.1) is 32.4 Å². The summed E-state index contributed by atoms with van der Waals surface area (Å²) in [6.07, 6.45) is 2.22. The Morgan fingerprint density at radius 3 is 2.29 bits per heavy atom. The summed E-state index contributed by atoms with van der Waals surface area (Å²) in [5, 5.41) is 4.42. The molecule has 6 heteroatoms. The molecule has 1 heterocycles. The van der Waals surface area contributed by atoms with Crippen LogP contribution in [0.25, 0.3) is 10.9 Å². The van der Waals surface area contributed by atoms with Crippen LogP contribution in [0.5, 0.6) is 17.2 Å². The highest BCUT2D eigenvalue weighted by atomic mass is 16.5. The highest BCUT2D eigenvalue weighted by molar-refractivity contribution is 6.00. The van der Waals surface area contributed by atoms with Crippen molar-refractivity contribution in [2.24, 2.45) is 0 Å². The largest absolute Gasteiger partial charge is 0.496 e. The van der Waals surface area contributed by atoms with E-state index in [2.05, 4.69) is 36.0 Å². The van der Waals surface area contributed by atoms with E-state index in [-0.39, 0.29) is 0 Å². The lowest BCUT2D eigenvalue weighted by molar-refractivity contribution is 0.295. The van der Waals surface area contributed by atoms with Crippen molar-refractivity contribution < 1.29 is 14.2 Å². The van der Waals surface area contributed by atoms with Gasteiger partial charge in [-0.1, -0.05) is 13.8 Å². The van der Waals surface area contributed by atoms with Gasteiger partial charge in [0.15, 0.2) is 5.75 Å². The van der Waals surface area contributed by atoms with Crippen molar-refractivity contribution in [3.8, 4) is 17.2 Å². The number of methoxy groups -OCH3 is 3. The molecule has 1 N–H and O–H groups in total. The first-order chi connectivity index (χ1) is 13.5. The van der Waals surface area contributed by atoms with E-state index in [1.54, 1.807) is 21.3 Å². The molecule has 1 aromatic carbocycles. The van der Waals surface area contributed by atoms with Gasteiger partial charge in [-0.3, -0.25) is 0 Å². The molecule has 0 aliphatic rings. The second-order valence-electron chi connectivity index (χ2n) is 7.06. The van der Waals surface area contributed by atoms with Gasteiger partial charge in [-0.05, 0) is 46.3 Å². The second-order valence-corrected chi connectivity index (χ2v) is 7.06. The van der Waals surface area contributed by atoms with Crippen LogP contribution < -0.4 is 19.5 Å². The lowest BCUT2D eigenvalue weighted by atomic mass is 10.1. The number of fused-ring (bicyclic) bond motifs is 1. The molecule has 1 atom stereocenters. The maximum atomic E-state index is 5.77. The zero-order valence-corrected chi connectivity index (χ0v) is 18.4. The highest BCUT2D eigenvalue weighted by Crippen LogP contribution is 2.44. The second kappa shape index (κ2) is 10.4. The van der Waals surface area contributed by atoms with Crippen molar-refractivity contribution in [3.63, 3.8) is 0 Å². The monoisotopic (exact) mass is 389 g/mol. The van der Waals surface area contributed by atoms with E-state index in [0.29, 0.717) is 11.8 Å². The van der Waals surface area contributed by atoms with Gasteiger partial charge in [-0.15, -0.1) is 0 Å². The molecule has 2 rings (SSSR count). The highest BCUT2D eigenvalue weighted by Gasteiger charge is 2.20. The fourth-order valence-corrected chi connectivity index (χ4v) is 3.57. The van der Waals surface area contributed by atoms with Crippen LogP contribution in [0, 0.1) is 6.92 Å². The molecule has 0 saturated carbocycles. The summed E-state index contributed by atoms with van der Waals surface area (Å²) in [5.74, 6) is 2.17. The van der Waals surface area contributed by atoms with Crippen molar-refractivity contribution in [1.29, 1.82) is 0 Å². The van der Waals surface area contributed by atoms with Crippen molar-refractivity contribution in [2.45, 2.75) is 46.6 Å². The smallest absolute Gasteiger partial charge is 0.155 e. The Balaban J connectivity index is 2.32. The SMILES string of the molecule is CCN(CC)CCCC(C)Nc1cc(OC)c2nc(C)cc(OC)c2c1OC. The van der Waals surface area contributed by atoms with Gasteiger partial charge in [-0.25, -0.2) is 4.98 Å². The van der Waals surface area contributed by atoms with Gasteiger partial charge in [0, 0.05) is 23.9 Å². The van der Waals surface area contributed by atoms with Crippen LogP contribution in [0.4, 0.5) is 5.69 Å². The first-order valence-corrected chi connectivity index (χ1v) is 10.1. The first kappa shape index (κ1) is 22.1. The molecule has 0 saturated heterocycles. The summed E-state index contributed by atoms with van der Waals surface area (Å²) in [5.41, 5.74) is 2.51. The van der Waals surface area contributed by atoms with Gasteiger partial charge in [-0.2, -0.15) is 0 Å². The van der Waals surface area contributed by atoms with Crippen molar-refractivity contribution >= 4 is 16.6 Å². The number of ether oxygens (including phenoxy) is 3. The average Bonchev–Trinajstić information content (AvgIpc) is 2.70. The molecule has 156 valence electrons. The normalized spacial score (nSPS) is 12.3. The van der Waals surface area contributed by atoms with Gasteiger partial charge < -0.3 is 24.4 Å². The maximum absolute atomic E-state index is 5.77. The van der Waals surface area contributed by atoms with E-state index in [9.17, 15) is 0 Å². The molecule has 0 radical (unpaired) electrons. The lowest BCUT2D eigenvalue weighted by Crippen LogP contribution is -2.25. The van der Waals surface area contributed by atoms with E-state index in [4.69, 9.17) is 14.2 Å². The van der Waals surface area contributed by atoms with Gasteiger partial charge in [0.1, 0.15) is 17.0 Å². The third kappa shape index (κ3) is 4.98. The van der Waals surface area contributed by atoms with Crippen LogP contribution >= 0.6 is 0 Å². The molecule has 6 nitrogen and oxygen atoms in total. The molecular weight excluding hydrogens is 354 g/mol. The predicted molar refractivity (Wildman–Crippen MR) is 116 cm³/mol. The Morgan fingerprint density at radius 2 is 1.71 bits per heavy atom. The minimum atomic E-state index is 0.302. The summed E-state index contributed by atoms with van der Waals surface area (Å²) in [6.45, 7) is 11.9. The number of nitrogens with one attached hydrogen (secondary N) is 1. The first-order valence-electron chi connectivity index (χ1n) is 10.1. The summed E-state index contributed by atoms with van der Waals surface area (Å²) < 4.78 is 17.0. The predicted octanol–water partition coefficient (Wildman–Crippen LogP) is 4.49. The van der Waals surface area contributed by atoms with E-state index in [1.807, 2.05) is 19.1 Å². The number of rotatable bonds is 11. The molecule has 0 amide bonds. The van der Waals surface area contributed by atoms with Crippen LogP contribution in [0.2, 0.25) is 0 Å². The van der Waals surface area contributed by atoms with Crippen LogP contribution in [0.3, 0.4) is 0 Å². The number of anilines is 1. The number of aromatic nitrogens is 1. The molecular formula is C22H35N3O3. The number of aryl methyl sites for hydroxylation is 1. The molecule has 1 aromatic heterocycles. The zero-order valence-electron chi connectivity index (χ0n) is 18.4. The Hall–Kier alpha value is -2.21. The number of pyridine rings is 1. The quantitative estimate of drug-likeness (QED) is 0.611. The molecule has 2 aromatic rings. The summed E-state index contributed by atoms with van der Waals surface area (Å²) >= 11 is 0. The fraction of sp³-hybridized carbons (Fsp3) is 0.591. The van der Waals surface area contributed by atoms with Gasteiger partial charge in [0.25, 0.3) is 0 Å². The molecule has 0 bridgehead atoms. The topological polar surface area (TPSA) is 55.9 Å². The van der Waals surface area contributed by atoms with Crippen LogP contribution in [0.1, 0.15) is 39.3 Å². The standard InChI is InChI=1S/C22H35N3O3/c1-8-25(9-2)12-10-11-15(3)23-17-14-19(27-6)21-20(22(17)28-7)18(26-5)13-16(4)24-21/h13-15,23H,8-12H2,1-7H3. The third-order valence-electron chi connectivity index (χ3n) is 5.14. The Bertz CT molecular complexity index is 775. The molecule has 28 heavy (non-hydrogen) atoms. The van der Waals surface area contributed by atoms with Crippen molar-refractivity contribution in [1.82, 2.24) is 9.88 Å². The van der Waals surface area contributed by atoms with E-state index in [0.717, 1.165) is 66.3 Å². The van der Waals surface area contributed by atoms with E-state index in [1.165, 1.54) is 0 Å². The van der Waals surface area contributed by atoms with Gasteiger partial charge >= 0.3 is 0 Å². The molecule has 0 aliphatic heterocycles. The average molecular weight is 390 g/mol. The molecule has 0 spiro atoms. The fourth-order valence-electron chi connectivity index (χ4n) is 3.57. The van der Waals surface area contributed by atoms with Crippen LogP contribution in [-0.2, 0) is 0 Å². The number of nitrogens with zero attached hydrogens (tertiary/aromatic N) is 2. The summed E-state index contributed by atoms with van der Waals surface area (Å²) in [7, 11) is 5.00. The number of benzene rings is 1. The maximum Gasteiger partial charge on any atom is 0.155 e. The van der Waals surface area contributed by atoms with Gasteiger partial charge in [0.2, 0.25) is 0 Å². The third-order valence-corrected chi connectivity index (χ3v) is 5.14. The lowest BCUT2D eigenvalue weighted by Gasteiger charge is -2.22. The van der Waals surface area contributed by atoms with E-state index >= 15 is 0 Å². The van der Waals surface area contributed by atoms with Crippen LogP contribution in [0.15, 0.2) is 12.1 Å². The Morgan fingerprint density at radius 1 is 1.04 bits per heavy atom.